The van der Waals surface area contributed by atoms with Crippen LogP contribution in [-0.4, -0.2) is 49.6 Å². The molecule has 1 amide bonds. The maximum atomic E-state index is 13.7. The van der Waals surface area contributed by atoms with Crippen LogP contribution in [0.5, 0.6) is 11.5 Å². The third kappa shape index (κ3) is 3.81. The summed E-state index contributed by atoms with van der Waals surface area (Å²) in [6.07, 6.45) is 0. The average Bonchev–Trinajstić information content (AvgIpc) is 3.27. The second-order valence-corrected chi connectivity index (χ2v) is 7.98. The zero-order valence-corrected chi connectivity index (χ0v) is 17.1. The summed E-state index contributed by atoms with van der Waals surface area (Å²) in [6, 6.07) is 13.2. The summed E-state index contributed by atoms with van der Waals surface area (Å²) < 4.78 is 24.1. The largest absolute Gasteiger partial charge is 0.497 e. The standard InChI is InChI=1S/C23H27FN2O3/c1-15(27)26-13-18-12-25(11-16-4-9-21(24)22(10-16)29-3)14-20(18)23(26)17-5-7-19(28-2)8-6-17/h4-10,18,20,23H,11-14H2,1-3H3/t18-,20-,23+/m1/s1. The van der Waals surface area contributed by atoms with Crippen LogP contribution in [0.25, 0.3) is 0 Å². The maximum absolute atomic E-state index is 13.7. The van der Waals surface area contributed by atoms with Crippen molar-refractivity contribution in [3.63, 3.8) is 0 Å². The molecule has 0 saturated carbocycles. The van der Waals surface area contributed by atoms with Crippen molar-refractivity contribution in [3.05, 3.63) is 59.4 Å². The number of rotatable bonds is 5. The minimum atomic E-state index is -0.341. The zero-order chi connectivity index (χ0) is 20.5. The van der Waals surface area contributed by atoms with Crippen LogP contribution in [0, 0.1) is 17.7 Å². The van der Waals surface area contributed by atoms with Crippen molar-refractivity contribution in [2.45, 2.75) is 19.5 Å². The monoisotopic (exact) mass is 398 g/mol. The number of ether oxygens (including phenoxy) is 2. The number of hydrogen-bond donors (Lipinski definition) is 0. The van der Waals surface area contributed by atoms with Crippen LogP contribution in [0.2, 0.25) is 0 Å². The number of amides is 1. The molecule has 0 aliphatic carbocycles. The highest BCUT2D eigenvalue weighted by atomic mass is 19.1. The van der Waals surface area contributed by atoms with E-state index >= 15 is 0 Å². The zero-order valence-electron chi connectivity index (χ0n) is 17.1. The fourth-order valence-electron chi connectivity index (χ4n) is 4.88. The van der Waals surface area contributed by atoms with Gasteiger partial charge in [-0.25, -0.2) is 4.39 Å². The van der Waals surface area contributed by atoms with E-state index in [1.165, 1.54) is 13.2 Å². The highest BCUT2D eigenvalue weighted by Crippen LogP contribution is 2.45. The van der Waals surface area contributed by atoms with Crippen LogP contribution >= 0.6 is 0 Å². The third-order valence-electron chi connectivity index (χ3n) is 6.22. The topological polar surface area (TPSA) is 42.0 Å². The van der Waals surface area contributed by atoms with Gasteiger partial charge in [0.25, 0.3) is 0 Å². The fourth-order valence-corrected chi connectivity index (χ4v) is 4.88. The Hall–Kier alpha value is -2.60. The summed E-state index contributed by atoms with van der Waals surface area (Å²) in [5, 5.41) is 0. The van der Waals surface area contributed by atoms with Gasteiger partial charge in [0.15, 0.2) is 11.6 Å². The van der Waals surface area contributed by atoms with Crippen molar-refractivity contribution in [2.75, 3.05) is 33.9 Å². The first-order valence-corrected chi connectivity index (χ1v) is 9.96. The summed E-state index contributed by atoms with van der Waals surface area (Å²) in [5.74, 6) is 1.70. The van der Waals surface area contributed by atoms with Gasteiger partial charge in [-0.3, -0.25) is 9.69 Å². The molecule has 0 spiro atoms. The van der Waals surface area contributed by atoms with Crippen molar-refractivity contribution in [3.8, 4) is 11.5 Å². The SMILES string of the molecule is COc1ccc([C@H]2[C@@H]3CN(Cc4ccc(F)c(OC)c4)C[C@@H]3CN2C(C)=O)cc1. The molecular weight excluding hydrogens is 371 g/mol. The Kier molecular flexibility index (Phi) is 5.46. The van der Waals surface area contributed by atoms with Crippen LogP contribution < -0.4 is 9.47 Å². The summed E-state index contributed by atoms with van der Waals surface area (Å²) in [6.45, 7) is 5.02. The van der Waals surface area contributed by atoms with Gasteiger partial charge < -0.3 is 14.4 Å². The van der Waals surface area contributed by atoms with Gasteiger partial charge in [0.2, 0.25) is 5.91 Å². The molecule has 0 bridgehead atoms. The lowest BCUT2D eigenvalue weighted by Gasteiger charge is -2.29. The van der Waals surface area contributed by atoms with Gasteiger partial charge in [-0.1, -0.05) is 18.2 Å². The number of hydrogen-bond acceptors (Lipinski definition) is 4. The number of carbonyl (C=O) groups excluding carboxylic acids is 1. The Morgan fingerprint density at radius 3 is 2.48 bits per heavy atom. The number of fused-ring (bicyclic) bond motifs is 1. The normalized spacial score (nSPS) is 23.9. The van der Waals surface area contributed by atoms with Gasteiger partial charge in [-0.05, 0) is 41.3 Å². The molecule has 0 unspecified atom stereocenters. The second-order valence-electron chi connectivity index (χ2n) is 7.98. The molecule has 2 aromatic carbocycles. The van der Waals surface area contributed by atoms with Crippen LogP contribution in [0.15, 0.2) is 42.5 Å². The van der Waals surface area contributed by atoms with Crippen molar-refractivity contribution in [1.82, 2.24) is 9.80 Å². The lowest BCUT2D eigenvalue weighted by molar-refractivity contribution is -0.130. The average molecular weight is 398 g/mol. The van der Waals surface area contributed by atoms with Crippen LogP contribution in [-0.2, 0) is 11.3 Å². The molecule has 6 heteroatoms. The molecule has 2 saturated heterocycles. The van der Waals surface area contributed by atoms with E-state index in [-0.39, 0.29) is 23.5 Å². The van der Waals surface area contributed by atoms with Crippen molar-refractivity contribution >= 4 is 5.91 Å². The van der Waals surface area contributed by atoms with E-state index in [0.717, 1.165) is 43.1 Å². The Balaban J connectivity index is 1.52. The number of nitrogens with zero attached hydrogens (tertiary/aromatic N) is 2. The van der Waals surface area contributed by atoms with Crippen LogP contribution in [0.3, 0.4) is 0 Å². The Morgan fingerprint density at radius 1 is 1.07 bits per heavy atom. The molecule has 29 heavy (non-hydrogen) atoms. The highest BCUT2D eigenvalue weighted by molar-refractivity contribution is 5.74. The third-order valence-corrected chi connectivity index (χ3v) is 6.22. The molecule has 0 radical (unpaired) electrons. The minimum absolute atomic E-state index is 0.0798. The number of carbonyl (C=O) groups is 1. The molecule has 0 aromatic heterocycles. The second kappa shape index (κ2) is 8.03. The van der Waals surface area contributed by atoms with Crippen LogP contribution in [0.1, 0.15) is 24.1 Å². The van der Waals surface area contributed by atoms with Crippen LogP contribution in [0.4, 0.5) is 4.39 Å². The lowest BCUT2D eigenvalue weighted by atomic mass is 9.89. The summed E-state index contributed by atoms with van der Waals surface area (Å²) in [4.78, 5) is 16.7. The number of benzene rings is 2. The molecule has 5 nitrogen and oxygen atoms in total. The molecule has 2 fully saturated rings. The Morgan fingerprint density at radius 2 is 1.83 bits per heavy atom. The Bertz CT molecular complexity index is 886. The highest BCUT2D eigenvalue weighted by Gasteiger charge is 2.48. The molecule has 4 rings (SSSR count). The van der Waals surface area contributed by atoms with E-state index in [0.29, 0.717) is 11.8 Å². The maximum Gasteiger partial charge on any atom is 0.219 e. The molecule has 2 aliphatic heterocycles. The van der Waals surface area contributed by atoms with Crippen molar-refractivity contribution in [2.24, 2.45) is 11.8 Å². The molecule has 0 N–H and O–H groups in total. The van der Waals surface area contributed by atoms with Gasteiger partial charge in [0, 0.05) is 39.0 Å². The number of likely N-dealkylation sites (tertiary alicyclic amines) is 2. The summed E-state index contributed by atoms with van der Waals surface area (Å²) in [5.41, 5.74) is 2.19. The summed E-state index contributed by atoms with van der Waals surface area (Å²) in [7, 11) is 3.14. The quantitative estimate of drug-likeness (QED) is 0.773. The fraction of sp³-hybridized carbons (Fsp3) is 0.435. The smallest absolute Gasteiger partial charge is 0.219 e. The first kappa shape index (κ1) is 19.7. The lowest BCUT2D eigenvalue weighted by Crippen LogP contribution is -2.34. The molecular formula is C23H27FN2O3. The van der Waals surface area contributed by atoms with Crippen molar-refractivity contribution < 1.29 is 18.7 Å². The first-order valence-electron chi connectivity index (χ1n) is 9.96. The van der Waals surface area contributed by atoms with Gasteiger partial charge >= 0.3 is 0 Å². The van der Waals surface area contributed by atoms with Crippen molar-refractivity contribution in [1.29, 1.82) is 0 Å². The molecule has 2 aliphatic rings. The Labute approximate surface area is 171 Å². The van der Waals surface area contributed by atoms with E-state index in [9.17, 15) is 9.18 Å². The van der Waals surface area contributed by atoms with Gasteiger partial charge in [0.1, 0.15) is 5.75 Å². The predicted molar refractivity (Wildman–Crippen MR) is 108 cm³/mol. The first-order chi connectivity index (χ1) is 14.0. The van der Waals surface area contributed by atoms with E-state index in [2.05, 4.69) is 17.0 Å². The summed E-state index contributed by atoms with van der Waals surface area (Å²) >= 11 is 0. The molecule has 3 atom stereocenters. The molecule has 2 aromatic rings. The van der Waals surface area contributed by atoms with E-state index in [1.807, 2.05) is 23.1 Å². The van der Waals surface area contributed by atoms with E-state index in [4.69, 9.17) is 9.47 Å². The number of halogens is 1. The predicted octanol–water partition coefficient (Wildman–Crippen LogP) is 3.49. The van der Waals surface area contributed by atoms with Gasteiger partial charge in [0.05, 0.1) is 20.3 Å². The van der Waals surface area contributed by atoms with E-state index < -0.39 is 0 Å². The number of methoxy groups -OCH3 is 2. The van der Waals surface area contributed by atoms with Gasteiger partial charge in [-0.2, -0.15) is 0 Å². The van der Waals surface area contributed by atoms with E-state index in [1.54, 1.807) is 20.1 Å². The molecule has 154 valence electrons. The minimum Gasteiger partial charge on any atom is -0.497 e. The van der Waals surface area contributed by atoms with Gasteiger partial charge in [-0.15, -0.1) is 0 Å². The molecule has 2 heterocycles.